The van der Waals surface area contributed by atoms with Crippen molar-refractivity contribution in [1.82, 2.24) is 5.32 Å². The number of hydrogen-bond donors (Lipinski definition) is 1. The lowest BCUT2D eigenvalue weighted by Gasteiger charge is -2.38. The predicted octanol–water partition coefficient (Wildman–Crippen LogP) is 3.39. The van der Waals surface area contributed by atoms with Gasteiger partial charge >= 0.3 is 11.9 Å². The zero-order valence-corrected chi connectivity index (χ0v) is 17.7. The van der Waals surface area contributed by atoms with E-state index >= 15 is 0 Å². The van der Waals surface area contributed by atoms with Crippen molar-refractivity contribution >= 4 is 17.7 Å². The number of benzene rings is 1. The molecule has 1 heterocycles. The molecule has 0 amide bonds. The van der Waals surface area contributed by atoms with Gasteiger partial charge in [0.1, 0.15) is 11.7 Å². The smallest absolute Gasteiger partial charge is 0.337 e. The van der Waals surface area contributed by atoms with Crippen LogP contribution in [0.3, 0.4) is 0 Å². The Bertz CT molecular complexity index is 945. The van der Waals surface area contributed by atoms with Crippen LogP contribution in [-0.4, -0.2) is 30.9 Å². The summed E-state index contributed by atoms with van der Waals surface area (Å²) in [5.74, 6) is -3.96. The maximum Gasteiger partial charge on any atom is 0.337 e. The van der Waals surface area contributed by atoms with Crippen LogP contribution in [0.25, 0.3) is 0 Å². The number of dihydropyridines is 1. The Morgan fingerprint density at radius 2 is 1.83 bits per heavy atom. The molecule has 0 bridgehead atoms. The summed E-state index contributed by atoms with van der Waals surface area (Å²) in [5.41, 5.74) is 2.43. The first kappa shape index (κ1) is 21.7. The Morgan fingerprint density at radius 1 is 1.20 bits per heavy atom. The van der Waals surface area contributed by atoms with Crippen LogP contribution in [0.4, 0.5) is 4.39 Å². The van der Waals surface area contributed by atoms with Crippen LogP contribution in [0.15, 0.2) is 46.8 Å². The van der Waals surface area contributed by atoms with Crippen LogP contribution in [0.5, 0.6) is 0 Å². The number of carbonyl (C=O) groups is 3. The van der Waals surface area contributed by atoms with E-state index in [9.17, 15) is 18.8 Å². The van der Waals surface area contributed by atoms with E-state index in [-0.39, 0.29) is 23.4 Å². The monoisotopic (exact) mass is 415 g/mol. The van der Waals surface area contributed by atoms with Crippen LogP contribution in [0.1, 0.15) is 45.6 Å². The van der Waals surface area contributed by atoms with E-state index < -0.39 is 29.6 Å². The highest BCUT2D eigenvalue weighted by atomic mass is 19.1. The van der Waals surface area contributed by atoms with E-state index in [1.807, 2.05) is 6.92 Å². The second kappa shape index (κ2) is 8.42. The summed E-state index contributed by atoms with van der Waals surface area (Å²) >= 11 is 0. The van der Waals surface area contributed by atoms with E-state index in [1.54, 1.807) is 32.9 Å². The van der Waals surface area contributed by atoms with Crippen molar-refractivity contribution in [2.24, 2.45) is 11.8 Å². The largest absolute Gasteiger partial charge is 0.468 e. The van der Waals surface area contributed by atoms with Gasteiger partial charge in [-0.1, -0.05) is 19.1 Å². The predicted molar refractivity (Wildman–Crippen MR) is 108 cm³/mol. The topological polar surface area (TPSA) is 81.7 Å². The Kier molecular flexibility index (Phi) is 6.10. The van der Waals surface area contributed by atoms with E-state index in [1.165, 1.54) is 19.2 Å². The van der Waals surface area contributed by atoms with E-state index in [4.69, 9.17) is 9.47 Å². The fraction of sp³-hybridized carbons (Fsp3) is 0.435. The summed E-state index contributed by atoms with van der Waals surface area (Å²) in [4.78, 5) is 38.8. The molecule has 0 radical (unpaired) electrons. The first-order chi connectivity index (χ1) is 14.1. The second-order valence-corrected chi connectivity index (χ2v) is 8.04. The zero-order chi connectivity index (χ0) is 22.2. The number of nitrogens with one attached hydrogen (secondary N) is 1. The number of Topliss-reactive ketones (excluding diaryl/α,β-unsaturated/α-hetero) is 1. The minimum atomic E-state index is -0.959. The fourth-order valence-electron chi connectivity index (χ4n) is 4.22. The van der Waals surface area contributed by atoms with E-state index in [2.05, 4.69) is 5.32 Å². The number of esters is 2. The van der Waals surface area contributed by atoms with E-state index in [0.29, 0.717) is 29.0 Å². The molecule has 3 rings (SSSR count). The fourth-order valence-corrected chi connectivity index (χ4v) is 4.22. The lowest BCUT2D eigenvalue weighted by molar-refractivity contribution is -0.151. The number of carbonyl (C=O) groups excluding carboxylic acids is 3. The molecule has 6 nitrogen and oxygen atoms in total. The molecule has 0 unspecified atom stereocenters. The second-order valence-electron chi connectivity index (χ2n) is 8.04. The van der Waals surface area contributed by atoms with E-state index in [0.717, 1.165) is 0 Å². The molecular weight excluding hydrogens is 389 g/mol. The maximum atomic E-state index is 13.6. The molecule has 1 aliphatic heterocycles. The minimum Gasteiger partial charge on any atom is -0.468 e. The molecule has 30 heavy (non-hydrogen) atoms. The normalized spacial score (nSPS) is 23.8. The van der Waals surface area contributed by atoms with Crippen molar-refractivity contribution in [1.29, 1.82) is 0 Å². The van der Waals surface area contributed by atoms with Crippen LogP contribution in [-0.2, 0) is 23.9 Å². The summed E-state index contributed by atoms with van der Waals surface area (Å²) in [5, 5.41) is 3.18. The van der Waals surface area contributed by atoms with Gasteiger partial charge in [-0.15, -0.1) is 0 Å². The Morgan fingerprint density at radius 3 is 2.40 bits per heavy atom. The SMILES string of the molecule is COC(=O)[C@H]1C(=O)C2=C(C[C@H]1C)NC(C)=C(C(=O)OC(C)C)[C@H]2c1ccc(F)cc1. The molecule has 160 valence electrons. The lowest BCUT2D eigenvalue weighted by atomic mass is 9.69. The highest BCUT2D eigenvalue weighted by Crippen LogP contribution is 2.45. The highest BCUT2D eigenvalue weighted by Gasteiger charge is 2.47. The molecule has 7 heteroatoms. The number of ether oxygens (including phenoxy) is 2. The summed E-state index contributed by atoms with van der Waals surface area (Å²) in [6.07, 6.45) is 0.0921. The number of allylic oxidation sites excluding steroid dienone is 3. The van der Waals surface area contributed by atoms with Crippen LogP contribution in [0, 0.1) is 17.7 Å². The number of halogens is 1. The number of ketones is 1. The van der Waals surface area contributed by atoms with Gasteiger partial charge < -0.3 is 14.8 Å². The van der Waals surface area contributed by atoms with Gasteiger partial charge in [-0.05, 0) is 50.8 Å². The number of hydrogen-bond acceptors (Lipinski definition) is 6. The van der Waals surface area contributed by atoms with Crippen molar-refractivity contribution in [3.05, 3.63) is 58.2 Å². The van der Waals surface area contributed by atoms with Gasteiger partial charge in [-0.2, -0.15) is 0 Å². The molecule has 0 fully saturated rings. The van der Waals surface area contributed by atoms with Crippen molar-refractivity contribution in [2.75, 3.05) is 7.11 Å². The lowest BCUT2D eigenvalue weighted by Crippen LogP contribution is -2.43. The van der Waals surface area contributed by atoms with Crippen molar-refractivity contribution in [2.45, 2.75) is 46.1 Å². The zero-order valence-electron chi connectivity index (χ0n) is 17.7. The third kappa shape index (κ3) is 3.88. The number of rotatable bonds is 4. The minimum absolute atomic E-state index is 0.262. The van der Waals surface area contributed by atoms with Gasteiger partial charge in [-0.3, -0.25) is 9.59 Å². The van der Waals surface area contributed by atoms with Crippen LogP contribution >= 0.6 is 0 Å². The first-order valence-electron chi connectivity index (χ1n) is 9.95. The van der Waals surface area contributed by atoms with Gasteiger partial charge in [0.25, 0.3) is 0 Å². The number of methoxy groups -OCH3 is 1. The van der Waals surface area contributed by atoms with Crippen LogP contribution in [0.2, 0.25) is 0 Å². The third-order valence-corrected chi connectivity index (χ3v) is 5.51. The standard InChI is InChI=1S/C23H26FNO5/c1-11(2)30-23(28)18-13(4)25-16-10-12(3)17(22(27)29-5)21(26)20(16)19(18)14-6-8-15(24)9-7-14/h6-9,11-12,17,19,25H,10H2,1-5H3/t12-,17-,19-/m1/s1. The molecule has 0 spiro atoms. The maximum absolute atomic E-state index is 13.6. The van der Waals surface area contributed by atoms with Crippen LogP contribution < -0.4 is 5.32 Å². The summed E-state index contributed by atoms with van der Waals surface area (Å²) in [6.45, 7) is 7.04. The molecule has 0 aromatic heterocycles. The molecule has 1 N–H and O–H groups in total. The molecule has 0 saturated carbocycles. The Hall–Kier alpha value is -2.96. The summed E-state index contributed by atoms with van der Waals surface area (Å²) < 4.78 is 23.9. The molecule has 3 atom stereocenters. The quantitative estimate of drug-likeness (QED) is 0.600. The molecular formula is C23H26FNO5. The van der Waals surface area contributed by atoms with Gasteiger partial charge in [0.15, 0.2) is 5.78 Å². The van der Waals surface area contributed by atoms with Gasteiger partial charge in [0.2, 0.25) is 0 Å². The van der Waals surface area contributed by atoms with Gasteiger partial charge in [0, 0.05) is 22.9 Å². The third-order valence-electron chi connectivity index (χ3n) is 5.51. The molecule has 1 aromatic carbocycles. The van der Waals surface area contributed by atoms with Gasteiger partial charge in [-0.25, -0.2) is 9.18 Å². The highest BCUT2D eigenvalue weighted by molar-refractivity contribution is 6.12. The van der Waals surface area contributed by atoms with Crippen molar-refractivity contribution in [3.8, 4) is 0 Å². The Balaban J connectivity index is 2.17. The van der Waals surface area contributed by atoms with Gasteiger partial charge in [0.05, 0.1) is 18.8 Å². The molecule has 1 aromatic rings. The first-order valence-corrected chi connectivity index (χ1v) is 9.95. The summed E-state index contributed by atoms with van der Waals surface area (Å²) in [6, 6.07) is 5.66. The molecule has 0 saturated heterocycles. The van der Waals surface area contributed by atoms with Crippen molar-refractivity contribution < 1.29 is 28.2 Å². The summed E-state index contributed by atoms with van der Waals surface area (Å²) in [7, 11) is 1.25. The molecule has 1 aliphatic carbocycles. The average Bonchev–Trinajstić information content (AvgIpc) is 2.66. The van der Waals surface area contributed by atoms with Crippen molar-refractivity contribution in [3.63, 3.8) is 0 Å². The Labute approximate surface area is 175 Å². The average molecular weight is 415 g/mol. The molecule has 2 aliphatic rings.